The van der Waals surface area contributed by atoms with Gasteiger partial charge in [-0.1, -0.05) is 6.07 Å². The van der Waals surface area contributed by atoms with Crippen LogP contribution in [0.2, 0.25) is 0 Å². The summed E-state index contributed by atoms with van der Waals surface area (Å²) < 4.78 is 1.75. The summed E-state index contributed by atoms with van der Waals surface area (Å²) in [4.78, 5) is 33.0. The third kappa shape index (κ3) is 2.80. The molecule has 22 heavy (non-hydrogen) atoms. The number of aromatic nitrogens is 4. The summed E-state index contributed by atoms with van der Waals surface area (Å²) in [6, 6.07) is 4.52. The quantitative estimate of drug-likeness (QED) is 0.901. The monoisotopic (exact) mass is 301 g/mol. The van der Waals surface area contributed by atoms with Gasteiger partial charge < -0.3 is 10.0 Å². The molecule has 3 heterocycles. The number of carbonyl (C=O) groups is 2. The second-order valence-electron chi connectivity index (χ2n) is 5.14. The van der Waals surface area contributed by atoms with E-state index in [9.17, 15) is 9.59 Å². The number of pyridine rings is 1. The second kappa shape index (κ2) is 5.92. The zero-order chi connectivity index (χ0) is 15.5. The highest BCUT2D eigenvalue weighted by Gasteiger charge is 2.26. The molecular formula is C14H15N5O3. The Labute approximate surface area is 126 Å². The van der Waals surface area contributed by atoms with Crippen molar-refractivity contribution in [1.29, 1.82) is 0 Å². The smallest absolute Gasteiger partial charge is 0.354 e. The van der Waals surface area contributed by atoms with Crippen LogP contribution in [0.1, 0.15) is 39.9 Å². The predicted octanol–water partition coefficient (Wildman–Crippen LogP) is 0.849. The zero-order valence-corrected chi connectivity index (χ0v) is 11.8. The molecule has 0 saturated carbocycles. The first-order chi connectivity index (χ1) is 10.6. The number of piperidine rings is 1. The van der Waals surface area contributed by atoms with E-state index in [0.29, 0.717) is 13.1 Å². The first kappa shape index (κ1) is 14.2. The van der Waals surface area contributed by atoms with E-state index in [4.69, 9.17) is 5.11 Å². The van der Waals surface area contributed by atoms with E-state index < -0.39 is 5.97 Å². The van der Waals surface area contributed by atoms with E-state index in [2.05, 4.69) is 15.1 Å². The summed E-state index contributed by atoms with van der Waals surface area (Å²) in [6.45, 7) is 1.14. The third-order valence-corrected chi connectivity index (χ3v) is 3.68. The van der Waals surface area contributed by atoms with Gasteiger partial charge in [-0.25, -0.2) is 19.4 Å². The fourth-order valence-electron chi connectivity index (χ4n) is 2.60. The predicted molar refractivity (Wildman–Crippen MR) is 75.4 cm³/mol. The van der Waals surface area contributed by atoms with Crippen LogP contribution in [0.3, 0.4) is 0 Å². The number of nitrogens with zero attached hydrogens (tertiary/aromatic N) is 5. The highest BCUT2D eigenvalue weighted by molar-refractivity contribution is 5.94. The number of carbonyl (C=O) groups excluding carboxylic acids is 1. The van der Waals surface area contributed by atoms with Crippen molar-refractivity contribution >= 4 is 11.9 Å². The maximum atomic E-state index is 12.5. The van der Waals surface area contributed by atoms with Crippen LogP contribution in [-0.2, 0) is 0 Å². The number of carboxylic acids is 1. The van der Waals surface area contributed by atoms with Gasteiger partial charge in [-0.05, 0) is 25.0 Å². The van der Waals surface area contributed by atoms with Crippen molar-refractivity contribution in [3.8, 4) is 0 Å². The van der Waals surface area contributed by atoms with Crippen LogP contribution in [-0.4, -0.2) is 54.7 Å². The number of aromatic carboxylic acids is 1. The summed E-state index contributed by atoms with van der Waals surface area (Å²) >= 11 is 0. The Morgan fingerprint density at radius 1 is 1.27 bits per heavy atom. The minimum absolute atomic E-state index is 0.0860. The van der Waals surface area contributed by atoms with Gasteiger partial charge in [-0.15, -0.1) is 0 Å². The standard InChI is InChI=1S/C14H15N5O3/c20-13(11-4-1-5-12(17-11)14(21)22)18-6-2-3-10(7-18)19-9-15-8-16-19/h1,4-5,8-10H,2-3,6-7H2,(H,21,22). The van der Waals surface area contributed by atoms with Crippen molar-refractivity contribution in [1.82, 2.24) is 24.6 Å². The van der Waals surface area contributed by atoms with Gasteiger partial charge in [0, 0.05) is 13.1 Å². The Morgan fingerprint density at radius 2 is 2.09 bits per heavy atom. The Morgan fingerprint density at radius 3 is 2.82 bits per heavy atom. The summed E-state index contributed by atoms with van der Waals surface area (Å²) in [6.07, 6.45) is 4.89. The first-order valence-electron chi connectivity index (χ1n) is 6.99. The molecule has 1 aliphatic rings. The molecule has 2 aromatic rings. The Bertz CT molecular complexity index is 686. The maximum absolute atomic E-state index is 12.5. The van der Waals surface area contributed by atoms with Gasteiger partial charge in [0.1, 0.15) is 24.0 Å². The molecule has 8 heteroatoms. The first-order valence-corrected chi connectivity index (χ1v) is 6.99. The number of hydrogen-bond donors (Lipinski definition) is 1. The lowest BCUT2D eigenvalue weighted by Crippen LogP contribution is -2.41. The molecule has 114 valence electrons. The Balaban J connectivity index is 1.77. The lowest BCUT2D eigenvalue weighted by molar-refractivity contribution is 0.0665. The largest absolute Gasteiger partial charge is 0.477 e. The van der Waals surface area contributed by atoms with Crippen LogP contribution in [0.5, 0.6) is 0 Å². The summed E-state index contributed by atoms with van der Waals surface area (Å²) in [5.74, 6) is -1.40. The van der Waals surface area contributed by atoms with Crippen molar-refractivity contribution in [3.05, 3.63) is 42.2 Å². The van der Waals surface area contributed by atoms with Crippen molar-refractivity contribution in [2.45, 2.75) is 18.9 Å². The zero-order valence-electron chi connectivity index (χ0n) is 11.8. The lowest BCUT2D eigenvalue weighted by Gasteiger charge is -2.32. The lowest BCUT2D eigenvalue weighted by atomic mass is 10.1. The van der Waals surface area contributed by atoms with Crippen molar-refractivity contribution in [2.24, 2.45) is 0 Å². The van der Waals surface area contributed by atoms with E-state index >= 15 is 0 Å². The molecule has 1 aliphatic heterocycles. The second-order valence-corrected chi connectivity index (χ2v) is 5.14. The minimum atomic E-state index is -1.14. The molecule has 0 aromatic carbocycles. The summed E-state index contributed by atoms with van der Waals surface area (Å²) in [5.41, 5.74) is 0.0230. The van der Waals surface area contributed by atoms with E-state index in [1.54, 1.807) is 15.9 Å². The maximum Gasteiger partial charge on any atom is 0.354 e. The molecule has 0 radical (unpaired) electrons. The minimum Gasteiger partial charge on any atom is -0.477 e. The van der Waals surface area contributed by atoms with E-state index in [0.717, 1.165) is 12.8 Å². The molecule has 3 rings (SSSR count). The average molecular weight is 301 g/mol. The molecule has 1 N–H and O–H groups in total. The molecule has 0 bridgehead atoms. The number of hydrogen-bond acceptors (Lipinski definition) is 5. The molecule has 1 saturated heterocycles. The molecule has 0 aliphatic carbocycles. The van der Waals surface area contributed by atoms with Crippen LogP contribution in [0, 0.1) is 0 Å². The number of amides is 1. The fraction of sp³-hybridized carbons (Fsp3) is 0.357. The van der Waals surface area contributed by atoms with Crippen molar-refractivity contribution < 1.29 is 14.7 Å². The molecule has 2 aromatic heterocycles. The topological polar surface area (TPSA) is 101 Å². The van der Waals surface area contributed by atoms with Gasteiger partial charge in [0.2, 0.25) is 0 Å². The molecule has 8 nitrogen and oxygen atoms in total. The summed E-state index contributed by atoms with van der Waals surface area (Å²) in [7, 11) is 0. The van der Waals surface area contributed by atoms with Gasteiger partial charge in [0.25, 0.3) is 5.91 Å². The van der Waals surface area contributed by atoms with Gasteiger partial charge in [0.15, 0.2) is 0 Å². The van der Waals surface area contributed by atoms with Gasteiger partial charge in [-0.3, -0.25) is 4.79 Å². The van der Waals surface area contributed by atoms with E-state index in [-0.39, 0.29) is 23.3 Å². The third-order valence-electron chi connectivity index (χ3n) is 3.68. The average Bonchev–Trinajstić information content (AvgIpc) is 3.09. The normalized spacial score (nSPS) is 18.2. The van der Waals surface area contributed by atoms with E-state index in [1.807, 2.05) is 0 Å². The van der Waals surface area contributed by atoms with Crippen LogP contribution in [0.15, 0.2) is 30.9 Å². The highest BCUT2D eigenvalue weighted by Crippen LogP contribution is 2.21. The van der Waals surface area contributed by atoms with Gasteiger partial charge in [-0.2, -0.15) is 5.10 Å². The molecule has 1 amide bonds. The number of rotatable bonds is 3. The highest BCUT2D eigenvalue weighted by atomic mass is 16.4. The van der Waals surface area contributed by atoms with Crippen LogP contribution in [0.25, 0.3) is 0 Å². The molecule has 0 spiro atoms. The van der Waals surface area contributed by atoms with Crippen molar-refractivity contribution in [2.75, 3.05) is 13.1 Å². The van der Waals surface area contributed by atoms with Gasteiger partial charge >= 0.3 is 5.97 Å². The SMILES string of the molecule is O=C(O)c1cccc(C(=O)N2CCCC(n3cncn3)C2)n1. The van der Waals surface area contributed by atoms with E-state index in [1.165, 1.54) is 24.5 Å². The van der Waals surface area contributed by atoms with Crippen LogP contribution >= 0.6 is 0 Å². The van der Waals surface area contributed by atoms with Crippen molar-refractivity contribution in [3.63, 3.8) is 0 Å². The Kier molecular flexibility index (Phi) is 3.82. The van der Waals surface area contributed by atoms with Gasteiger partial charge in [0.05, 0.1) is 6.04 Å². The number of likely N-dealkylation sites (tertiary alicyclic amines) is 1. The molecule has 1 fully saturated rings. The summed E-state index contributed by atoms with van der Waals surface area (Å²) in [5, 5.41) is 13.1. The van der Waals surface area contributed by atoms with Crippen LogP contribution < -0.4 is 0 Å². The molecular weight excluding hydrogens is 286 g/mol. The molecule has 1 atom stereocenters. The van der Waals surface area contributed by atoms with Crippen LogP contribution in [0.4, 0.5) is 0 Å². The molecule has 1 unspecified atom stereocenters. The fourth-order valence-corrected chi connectivity index (χ4v) is 2.60. The number of carboxylic acid groups (broad SMARTS) is 1. The Hall–Kier alpha value is -2.77.